The largest absolute Gasteiger partial charge is 0.355 e. The molecule has 0 aliphatic heterocycles. The van der Waals surface area contributed by atoms with E-state index in [1.165, 1.54) is 0 Å². The van der Waals surface area contributed by atoms with Crippen molar-refractivity contribution >= 4 is 65.2 Å². The molecular formula is C26H14N2O4. The molecule has 0 unspecified atom stereocenters. The molecular weight excluding hydrogens is 404 g/mol. The predicted molar refractivity (Wildman–Crippen MR) is 127 cm³/mol. The summed E-state index contributed by atoms with van der Waals surface area (Å²) in [5, 5.41) is 31.5. The Morgan fingerprint density at radius 2 is 0.750 bits per heavy atom. The third-order valence-corrected chi connectivity index (χ3v) is 6.21. The quantitative estimate of drug-likeness (QED) is 0.168. The lowest BCUT2D eigenvalue weighted by atomic mass is 9.88. The summed E-state index contributed by atoms with van der Waals surface area (Å²) in [5.41, 5.74) is -0.933. The van der Waals surface area contributed by atoms with Gasteiger partial charge in [0.05, 0.1) is 20.6 Å². The topological polar surface area (TPSA) is 86.3 Å². The molecule has 0 radical (unpaired) electrons. The Hall–Kier alpha value is -4.58. The molecule has 0 N–H and O–H groups in total. The summed E-state index contributed by atoms with van der Waals surface area (Å²) in [6, 6.07) is 26.2. The van der Waals surface area contributed by atoms with Gasteiger partial charge in [0.25, 0.3) is 0 Å². The fourth-order valence-electron chi connectivity index (χ4n) is 5.00. The van der Waals surface area contributed by atoms with Crippen LogP contribution in [0.2, 0.25) is 0 Å². The molecule has 0 heterocycles. The van der Waals surface area contributed by atoms with E-state index in [2.05, 4.69) is 0 Å². The summed E-state index contributed by atoms with van der Waals surface area (Å²) in [6.45, 7) is 0. The Kier molecular flexibility index (Phi) is 3.67. The number of nitro groups is 2. The maximum Gasteiger partial charge on any atom is 0.355 e. The van der Waals surface area contributed by atoms with Crippen molar-refractivity contribution in [2.24, 2.45) is 0 Å². The van der Waals surface area contributed by atoms with E-state index in [1.807, 2.05) is 60.7 Å². The van der Waals surface area contributed by atoms with Gasteiger partial charge in [0.15, 0.2) is 0 Å². The Bertz CT molecular complexity index is 1760. The van der Waals surface area contributed by atoms with Gasteiger partial charge in [-0.3, -0.25) is 20.2 Å². The smallest absolute Gasteiger partial charge is 0.258 e. The summed E-state index contributed by atoms with van der Waals surface area (Å²) in [4.78, 5) is 23.2. The van der Waals surface area contributed by atoms with Gasteiger partial charge in [-0.25, -0.2) is 0 Å². The minimum absolute atomic E-state index is 0.265. The Morgan fingerprint density at radius 1 is 0.406 bits per heavy atom. The molecule has 6 aromatic carbocycles. The molecule has 0 aliphatic rings. The van der Waals surface area contributed by atoms with Crippen molar-refractivity contribution in [2.75, 3.05) is 0 Å². The Morgan fingerprint density at radius 3 is 1.25 bits per heavy atom. The van der Waals surface area contributed by atoms with E-state index in [0.29, 0.717) is 21.5 Å². The molecule has 0 fully saturated rings. The molecule has 6 rings (SSSR count). The molecule has 0 aromatic heterocycles. The lowest BCUT2D eigenvalue weighted by molar-refractivity contribution is -0.420. The minimum Gasteiger partial charge on any atom is -0.258 e. The predicted octanol–water partition coefficient (Wildman–Crippen LogP) is 7.27. The first-order chi connectivity index (χ1) is 15.6. The SMILES string of the molecule is O=[N+]([O-])c1c([N+](=O)[O-])c2c(ccc3c4ccccc4c4ccccc4c32)c2ccccc12. The van der Waals surface area contributed by atoms with E-state index >= 15 is 0 Å². The number of hydrogen-bond donors (Lipinski definition) is 0. The Labute approximate surface area is 180 Å². The van der Waals surface area contributed by atoms with E-state index in [9.17, 15) is 20.2 Å². The Balaban J connectivity index is 2.07. The highest BCUT2D eigenvalue weighted by Crippen LogP contribution is 2.48. The summed E-state index contributed by atoms with van der Waals surface area (Å²) in [7, 11) is 0. The maximum atomic E-state index is 12.3. The van der Waals surface area contributed by atoms with Crippen molar-refractivity contribution in [3.8, 4) is 0 Å². The van der Waals surface area contributed by atoms with Crippen LogP contribution in [-0.2, 0) is 0 Å². The van der Waals surface area contributed by atoms with Crippen LogP contribution in [0, 0.1) is 20.2 Å². The van der Waals surface area contributed by atoms with Gasteiger partial charge in [0.1, 0.15) is 0 Å². The minimum atomic E-state index is -0.637. The second-order valence-electron chi connectivity index (χ2n) is 7.76. The van der Waals surface area contributed by atoms with Gasteiger partial charge >= 0.3 is 11.4 Å². The van der Waals surface area contributed by atoms with Gasteiger partial charge < -0.3 is 0 Å². The highest BCUT2D eigenvalue weighted by Gasteiger charge is 2.33. The fourth-order valence-corrected chi connectivity index (χ4v) is 5.00. The zero-order valence-corrected chi connectivity index (χ0v) is 16.6. The normalized spacial score (nSPS) is 11.6. The molecule has 0 bridgehead atoms. The first-order valence-corrected chi connectivity index (χ1v) is 10.1. The first kappa shape index (κ1) is 18.2. The van der Waals surface area contributed by atoms with Crippen LogP contribution in [0.15, 0.2) is 84.9 Å². The van der Waals surface area contributed by atoms with Gasteiger partial charge in [-0.2, -0.15) is 0 Å². The van der Waals surface area contributed by atoms with E-state index in [-0.39, 0.29) is 5.39 Å². The monoisotopic (exact) mass is 418 g/mol. The number of rotatable bonds is 2. The number of hydrogen-bond acceptors (Lipinski definition) is 4. The van der Waals surface area contributed by atoms with Crippen LogP contribution in [0.3, 0.4) is 0 Å². The number of fused-ring (bicyclic) bond motifs is 10. The van der Waals surface area contributed by atoms with Crippen LogP contribution in [-0.4, -0.2) is 9.85 Å². The highest BCUT2D eigenvalue weighted by molar-refractivity contribution is 6.35. The second-order valence-corrected chi connectivity index (χ2v) is 7.76. The zero-order valence-electron chi connectivity index (χ0n) is 16.6. The summed E-state index contributed by atoms with van der Waals surface area (Å²) < 4.78 is 0. The molecule has 0 aliphatic carbocycles. The van der Waals surface area contributed by atoms with Gasteiger partial charge in [-0.05, 0) is 43.8 Å². The molecule has 6 heteroatoms. The molecule has 32 heavy (non-hydrogen) atoms. The van der Waals surface area contributed by atoms with Crippen molar-refractivity contribution < 1.29 is 9.85 Å². The van der Waals surface area contributed by atoms with Gasteiger partial charge in [-0.1, -0.05) is 78.9 Å². The third-order valence-electron chi connectivity index (χ3n) is 6.21. The number of benzene rings is 6. The summed E-state index contributed by atoms with van der Waals surface area (Å²) in [6.07, 6.45) is 0. The molecule has 0 amide bonds. The lowest BCUT2D eigenvalue weighted by Gasteiger charge is -2.14. The molecule has 6 aromatic rings. The van der Waals surface area contributed by atoms with Crippen molar-refractivity contribution in [1.82, 2.24) is 0 Å². The highest BCUT2D eigenvalue weighted by atomic mass is 16.6. The molecule has 0 atom stereocenters. The van der Waals surface area contributed by atoms with Crippen molar-refractivity contribution in [3.05, 3.63) is 105 Å². The third kappa shape index (κ3) is 2.29. The number of nitrogens with zero attached hydrogens (tertiary/aromatic N) is 2. The lowest BCUT2D eigenvalue weighted by Crippen LogP contribution is -2.00. The van der Waals surface area contributed by atoms with Crippen LogP contribution in [0.5, 0.6) is 0 Å². The molecule has 0 spiro atoms. The second kappa shape index (κ2) is 6.46. The van der Waals surface area contributed by atoms with Crippen molar-refractivity contribution in [3.63, 3.8) is 0 Å². The first-order valence-electron chi connectivity index (χ1n) is 10.1. The maximum absolute atomic E-state index is 12.3. The van der Waals surface area contributed by atoms with Crippen LogP contribution in [0.25, 0.3) is 53.9 Å². The van der Waals surface area contributed by atoms with Gasteiger partial charge in [0.2, 0.25) is 0 Å². The molecule has 6 nitrogen and oxygen atoms in total. The van der Waals surface area contributed by atoms with Crippen LogP contribution in [0.4, 0.5) is 11.4 Å². The van der Waals surface area contributed by atoms with Crippen molar-refractivity contribution in [1.29, 1.82) is 0 Å². The number of nitro benzene ring substituents is 2. The molecule has 0 saturated carbocycles. The van der Waals surface area contributed by atoms with Gasteiger partial charge in [0, 0.05) is 5.39 Å². The van der Waals surface area contributed by atoms with E-state index in [1.54, 1.807) is 24.3 Å². The van der Waals surface area contributed by atoms with Crippen LogP contribution < -0.4 is 0 Å². The van der Waals surface area contributed by atoms with E-state index in [4.69, 9.17) is 0 Å². The van der Waals surface area contributed by atoms with E-state index in [0.717, 1.165) is 26.9 Å². The molecule has 0 saturated heterocycles. The average Bonchev–Trinajstić information content (AvgIpc) is 2.82. The van der Waals surface area contributed by atoms with Crippen LogP contribution in [0.1, 0.15) is 0 Å². The summed E-state index contributed by atoms with van der Waals surface area (Å²) >= 11 is 0. The summed E-state index contributed by atoms with van der Waals surface area (Å²) in [5.74, 6) is 0. The molecule has 152 valence electrons. The fraction of sp³-hybridized carbons (Fsp3) is 0. The van der Waals surface area contributed by atoms with Crippen LogP contribution >= 0.6 is 0 Å². The van der Waals surface area contributed by atoms with E-state index < -0.39 is 21.2 Å². The van der Waals surface area contributed by atoms with Crippen molar-refractivity contribution in [2.45, 2.75) is 0 Å². The zero-order chi connectivity index (χ0) is 22.0. The average molecular weight is 418 g/mol. The van der Waals surface area contributed by atoms with Gasteiger partial charge in [-0.15, -0.1) is 0 Å². The standard InChI is InChI=1S/C26H14N2O4/c29-27(30)25-22-12-6-4-10-18(22)21-14-13-20-17-9-2-1-7-15(17)16-8-3-5-11-19(16)23(20)24(21)26(25)28(31)32/h1-14H.